The average Bonchev–Trinajstić information content (AvgIpc) is 3.15. The van der Waals surface area contributed by atoms with Crippen molar-refractivity contribution in [2.75, 3.05) is 13.2 Å². The molecule has 1 aliphatic carbocycles. The van der Waals surface area contributed by atoms with Crippen LogP contribution in [0.25, 0.3) is 11.5 Å². The largest absolute Gasteiger partial charge is 0.444 e. The maximum absolute atomic E-state index is 12.5. The van der Waals surface area contributed by atoms with E-state index in [0.29, 0.717) is 18.5 Å². The molecule has 2 aromatic rings. The SMILES string of the molecule is Cl.O=C(NCc1coc(-c2ccccc2)n1)[C@H]1CC[C@H]2OCCN[C@@H]2C1. The zero-order valence-electron chi connectivity index (χ0n) is 14.5. The molecule has 1 aromatic heterocycles. The molecular formula is C19H24ClN3O3. The third-order valence-corrected chi connectivity index (χ3v) is 5.01. The zero-order chi connectivity index (χ0) is 17.1. The van der Waals surface area contributed by atoms with Crippen LogP contribution in [-0.4, -0.2) is 36.2 Å². The van der Waals surface area contributed by atoms with E-state index < -0.39 is 0 Å². The number of carbonyl (C=O) groups excluding carboxylic acids is 1. The van der Waals surface area contributed by atoms with Gasteiger partial charge < -0.3 is 19.8 Å². The third kappa shape index (κ3) is 4.26. The molecule has 2 fully saturated rings. The van der Waals surface area contributed by atoms with Crippen LogP contribution in [0.1, 0.15) is 25.0 Å². The van der Waals surface area contributed by atoms with Crippen LogP contribution < -0.4 is 10.6 Å². The number of oxazole rings is 1. The van der Waals surface area contributed by atoms with E-state index in [9.17, 15) is 4.79 Å². The maximum atomic E-state index is 12.5. The molecular weight excluding hydrogens is 354 g/mol. The van der Waals surface area contributed by atoms with Crippen molar-refractivity contribution in [2.45, 2.75) is 38.0 Å². The fourth-order valence-corrected chi connectivity index (χ4v) is 3.67. The van der Waals surface area contributed by atoms with Gasteiger partial charge in [-0.25, -0.2) is 4.98 Å². The minimum Gasteiger partial charge on any atom is -0.444 e. The summed E-state index contributed by atoms with van der Waals surface area (Å²) in [6, 6.07) is 10.0. The van der Waals surface area contributed by atoms with E-state index in [1.165, 1.54) is 0 Å². The Morgan fingerprint density at radius 2 is 2.12 bits per heavy atom. The molecule has 0 spiro atoms. The number of hydrogen-bond acceptors (Lipinski definition) is 5. The second-order valence-corrected chi connectivity index (χ2v) is 6.71. The second-order valence-electron chi connectivity index (χ2n) is 6.71. The molecule has 1 aromatic carbocycles. The molecule has 6 nitrogen and oxygen atoms in total. The lowest BCUT2D eigenvalue weighted by Crippen LogP contribution is -2.53. The molecule has 0 bridgehead atoms. The predicted molar refractivity (Wildman–Crippen MR) is 99.9 cm³/mol. The van der Waals surface area contributed by atoms with Crippen LogP contribution in [0.5, 0.6) is 0 Å². The summed E-state index contributed by atoms with van der Waals surface area (Å²) in [7, 11) is 0. The van der Waals surface area contributed by atoms with Crippen molar-refractivity contribution in [3.05, 3.63) is 42.3 Å². The van der Waals surface area contributed by atoms with Gasteiger partial charge in [0.25, 0.3) is 0 Å². The van der Waals surface area contributed by atoms with Crippen LogP contribution >= 0.6 is 12.4 Å². The monoisotopic (exact) mass is 377 g/mol. The topological polar surface area (TPSA) is 76.4 Å². The number of morpholine rings is 1. The molecule has 2 N–H and O–H groups in total. The van der Waals surface area contributed by atoms with E-state index in [1.54, 1.807) is 6.26 Å². The highest BCUT2D eigenvalue weighted by atomic mass is 35.5. The van der Waals surface area contributed by atoms with Crippen molar-refractivity contribution < 1.29 is 13.9 Å². The van der Waals surface area contributed by atoms with Gasteiger partial charge in [0.15, 0.2) is 0 Å². The van der Waals surface area contributed by atoms with Crippen LogP contribution in [0.2, 0.25) is 0 Å². The normalized spacial score (nSPS) is 25.0. The zero-order valence-corrected chi connectivity index (χ0v) is 15.3. The molecule has 1 saturated carbocycles. The number of nitrogens with zero attached hydrogens (tertiary/aromatic N) is 1. The quantitative estimate of drug-likeness (QED) is 0.856. The summed E-state index contributed by atoms with van der Waals surface area (Å²) in [5, 5.41) is 6.47. The number of halogens is 1. The highest BCUT2D eigenvalue weighted by Gasteiger charge is 2.35. The third-order valence-electron chi connectivity index (χ3n) is 5.01. The summed E-state index contributed by atoms with van der Waals surface area (Å²) < 4.78 is 11.3. The van der Waals surface area contributed by atoms with Crippen LogP contribution in [0.4, 0.5) is 0 Å². The Balaban J connectivity index is 0.00000196. The van der Waals surface area contributed by atoms with Gasteiger partial charge in [0.2, 0.25) is 11.8 Å². The summed E-state index contributed by atoms with van der Waals surface area (Å²) in [6.45, 7) is 2.04. The maximum Gasteiger partial charge on any atom is 0.226 e. The minimum absolute atomic E-state index is 0. The molecule has 2 heterocycles. The molecule has 140 valence electrons. The van der Waals surface area contributed by atoms with Gasteiger partial charge in [-0.2, -0.15) is 0 Å². The Kier molecular flexibility index (Phi) is 6.29. The summed E-state index contributed by atoms with van der Waals surface area (Å²) >= 11 is 0. The smallest absolute Gasteiger partial charge is 0.226 e. The Morgan fingerprint density at radius 3 is 2.96 bits per heavy atom. The molecule has 3 atom stereocenters. The molecule has 7 heteroatoms. The first-order chi connectivity index (χ1) is 12.3. The van der Waals surface area contributed by atoms with E-state index in [4.69, 9.17) is 9.15 Å². The lowest BCUT2D eigenvalue weighted by molar-refractivity contribution is -0.128. The van der Waals surface area contributed by atoms with E-state index in [0.717, 1.165) is 43.7 Å². The lowest BCUT2D eigenvalue weighted by Gasteiger charge is -2.39. The first-order valence-electron chi connectivity index (χ1n) is 8.92. The molecule has 1 aliphatic heterocycles. The van der Waals surface area contributed by atoms with Crippen LogP contribution in [0.3, 0.4) is 0 Å². The van der Waals surface area contributed by atoms with E-state index in [1.807, 2.05) is 30.3 Å². The molecule has 0 radical (unpaired) electrons. The number of fused-ring (bicyclic) bond motifs is 1. The molecule has 26 heavy (non-hydrogen) atoms. The van der Waals surface area contributed by atoms with Gasteiger partial charge in [-0.05, 0) is 31.4 Å². The molecule has 2 aliphatic rings. The number of benzene rings is 1. The number of ether oxygens (including phenoxy) is 1. The fourth-order valence-electron chi connectivity index (χ4n) is 3.67. The van der Waals surface area contributed by atoms with Gasteiger partial charge in [-0.15, -0.1) is 12.4 Å². The number of nitrogens with one attached hydrogen (secondary N) is 2. The number of aromatic nitrogens is 1. The number of amides is 1. The first kappa shape index (κ1) is 18.9. The Labute approximate surface area is 159 Å². The van der Waals surface area contributed by atoms with Gasteiger partial charge in [0, 0.05) is 24.1 Å². The van der Waals surface area contributed by atoms with Crippen molar-refractivity contribution in [3.63, 3.8) is 0 Å². The molecule has 4 rings (SSSR count). The van der Waals surface area contributed by atoms with Gasteiger partial charge in [0.05, 0.1) is 24.9 Å². The summed E-state index contributed by atoms with van der Waals surface area (Å²) in [6.07, 6.45) is 4.53. The molecule has 1 amide bonds. The molecule has 1 saturated heterocycles. The Morgan fingerprint density at radius 1 is 1.27 bits per heavy atom. The van der Waals surface area contributed by atoms with E-state index in [-0.39, 0.29) is 30.3 Å². The highest BCUT2D eigenvalue weighted by molar-refractivity contribution is 5.85. The van der Waals surface area contributed by atoms with Crippen LogP contribution in [0.15, 0.2) is 41.0 Å². The van der Waals surface area contributed by atoms with Gasteiger partial charge in [-0.1, -0.05) is 18.2 Å². The van der Waals surface area contributed by atoms with Crippen molar-refractivity contribution in [1.82, 2.24) is 15.6 Å². The number of hydrogen-bond donors (Lipinski definition) is 2. The fraction of sp³-hybridized carbons (Fsp3) is 0.474. The lowest BCUT2D eigenvalue weighted by atomic mass is 9.82. The summed E-state index contributed by atoms with van der Waals surface area (Å²) in [5.41, 5.74) is 1.67. The standard InChI is InChI=1S/C19H23N3O3.ClH/c23-18(14-6-7-17-16(10-14)20-8-9-24-17)21-11-15-12-25-19(22-15)13-4-2-1-3-5-13;/h1-5,12,14,16-17,20H,6-11H2,(H,21,23);1H/t14-,16+,17+;/m0./s1. The van der Waals surface area contributed by atoms with E-state index in [2.05, 4.69) is 15.6 Å². The number of rotatable bonds is 4. The van der Waals surface area contributed by atoms with Gasteiger partial charge in [0.1, 0.15) is 6.26 Å². The average molecular weight is 378 g/mol. The van der Waals surface area contributed by atoms with Gasteiger partial charge in [-0.3, -0.25) is 4.79 Å². The van der Waals surface area contributed by atoms with Crippen molar-refractivity contribution in [3.8, 4) is 11.5 Å². The van der Waals surface area contributed by atoms with Crippen molar-refractivity contribution in [1.29, 1.82) is 0 Å². The second kappa shape index (κ2) is 8.66. The van der Waals surface area contributed by atoms with Gasteiger partial charge >= 0.3 is 0 Å². The number of carbonyl (C=O) groups is 1. The predicted octanol–water partition coefficient (Wildman–Crippen LogP) is 2.54. The first-order valence-corrected chi connectivity index (χ1v) is 8.92. The van der Waals surface area contributed by atoms with Crippen molar-refractivity contribution in [2.24, 2.45) is 5.92 Å². The van der Waals surface area contributed by atoms with Crippen LogP contribution in [-0.2, 0) is 16.1 Å². The summed E-state index contributed by atoms with van der Waals surface area (Å²) in [5.74, 6) is 0.708. The van der Waals surface area contributed by atoms with Crippen LogP contribution in [0, 0.1) is 5.92 Å². The summed E-state index contributed by atoms with van der Waals surface area (Å²) in [4.78, 5) is 16.9. The Hall–Kier alpha value is -1.89. The van der Waals surface area contributed by atoms with E-state index >= 15 is 0 Å². The molecule has 0 unspecified atom stereocenters. The van der Waals surface area contributed by atoms with Crippen molar-refractivity contribution >= 4 is 18.3 Å². The highest BCUT2D eigenvalue weighted by Crippen LogP contribution is 2.28. The Bertz CT molecular complexity index is 722. The minimum atomic E-state index is 0.